The van der Waals surface area contributed by atoms with E-state index in [0.29, 0.717) is 13.2 Å². The molecule has 2 heterocycles. The summed E-state index contributed by atoms with van der Waals surface area (Å²) in [7, 11) is 1.61. The van der Waals surface area contributed by atoms with Crippen molar-refractivity contribution in [3.8, 4) is 16.9 Å². The number of hydrogen-bond acceptors (Lipinski definition) is 3. The number of aryl methyl sites for hydroxylation is 2. The normalized spacial score (nSPS) is 16.2. The van der Waals surface area contributed by atoms with E-state index in [9.17, 15) is 4.79 Å². The fourth-order valence-electron chi connectivity index (χ4n) is 3.22. The van der Waals surface area contributed by atoms with Crippen LogP contribution >= 0.6 is 0 Å². The lowest BCUT2D eigenvalue weighted by atomic mass is 9.88. The first-order valence-electron chi connectivity index (χ1n) is 8.10. The highest BCUT2D eigenvalue weighted by Gasteiger charge is 2.26. The summed E-state index contributed by atoms with van der Waals surface area (Å²) in [5.41, 5.74) is 5.32. The molecule has 0 saturated heterocycles. The molecule has 1 N–H and O–H groups in total. The van der Waals surface area contributed by atoms with Crippen LogP contribution in [0.4, 0.5) is 4.79 Å². The van der Waals surface area contributed by atoms with Crippen molar-refractivity contribution in [2.75, 3.05) is 20.2 Å². The second-order valence-corrected chi connectivity index (χ2v) is 6.36. The van der Waals surface area contributed by atoms with E-state index in [1.165, 1.54) is 4.90 Å². The van der Waals surface area contributed by atoms with Crippen LogP contribution in [0.1, 0.15) is 29.2 Å². The second-order valence-electron chi connectivity index (χ2n) is 6.36. The lowest BCUT2D eigenvalue weighted by molar-refractivity contribution is 0.149. The number of carbonyl (C=O) groups is 1. The standard InChI is InChI=1S/C19H22N2O3/c1-12-10-20-13(2)9-17(12)16-6-4-5-15-14(7-8-24-18(15)16)11-21(3)19(22)23/h4-6,9-10,14H,7-8,11H2,1-3H3,(H,22,23). The molecule has 1 amide bonds. The number of fused-ring (bicyclic) bond motifs is 1. The van der Waals surface area contributed by atoms with E-state index in [0.717, 1.165) is 40.1 Å². The van der Waals surface area contributed by atoms with Gasteiger partial charge in [0.1, 0.15) is 5.75 Å². The zero-order chi connectivity index (χ0) is 17.3. The number of nitrogens with zero attached hydrogens (tertiary/aromatic N) is 2. The minimum absolute atomic E-state index is 0.151. The van der Waals surface area contributed by atoms with Gasteiger partial charge in [0.2, 0.25) is 0 Å². The number of pyridine rings is 1. The van der Waals surface area contributed by atoms with Crippen molar-refractivity contribution in [2.24, 2.45) is 0 Å². The highest BCUT2D eigenvalue weighted by Crippen LogP contribution is 2.42. The molecular formula is C19H22N2O3. The number of rotatable bonds is 3. The smallest absolute Gasteiger partial charge is 0.407 e. The van der Waals surface area contributed by atoms with Crippen molar-refractivity contribution in [3.63, 3.8) is 0 Å². The Morgan fingerprint density at radius 1 is 1.38 bits per heavy atom. The molecule has 0 radical (unpaired) electrons. The first kappa shape index (κ1) is 16.3. The highest BCUT2D eigenvalue weighted by atomic mass is 16.5. The van der Waals surface area contributed by atoms with E-state index >= 15 is 0 Å². The molecule has 1 aromatic heterocycles. The number of hydrogen-bond donors (Lipinski definition) is 1. The van der Waals surface area contributed by atoms with Gasteiger partial charge in [-0.05, 0) is 43.0 Å². The van der Waals surface area contributed by atoms with Crippen molar-refractivity contribution in [3.05, 3.63) is 47.3 Å². The van der Waals surface area contributed by atoms with Gasteiger partial charge in [0, 0.05) is 37.0 Å². The van der Waals surface area contributed by atoms with Crippen molar-refractivity contribution < 1.29 is 14.6 Å². The van der Waals surface area contributed by atoms with Crippen LogP contribution in [0.2, 0.25) is 0 Å². The Bertz CT molecular complexity index is 773. The third-order valence-corrected chi connectivity index (χ3v) is 4.55. The maximum absolute atomic E-state index is 11.1. The zero-order valence-electron chi connectivity index (χ0n) is 14.2. The van der Waals surface area contributed by atoms with Gasteiger partial charge in [-0.2, -0.15) is 0 Å². The lowest BCUT2D eigenvalue weighted by Gasteiger charge is -2.30. The molecule has 0 fully saturated rings. The van der Waals surface area contributed by atoms with Crippen LogP contribution in [-0.4, -0.2) is 41.3 Å². The predicted molar refractivity (Wildman–Crippen MR) is 92.7 cm³/mol. The van der Waals surface area contributed by atoms with Crippen LogP contribution < -0.4 is 4.74 Å². The molecule has 1 aliphatic heterocycles. The molecule has 1 unspecified atom stereocenters. The average Bonchev–Trinajstić information content (AvgIpc) is 2.57. The van der Waals surface area contributed by atoms with Gasteiger partial charge in [0.05, 0.1) is 6.61 Å². The number of aromatic nitrogens is 1. The summed E-state index contributed by atoms with van der Waals surface area (Å²) >= 11 is 0. The van der Waals surface area contributed by atoms with Gasteiger partial charge in [-0.25, -0.2) is 4.79 Å². The molecular weight excluding hydrogens is 304 g/mol. The first-order valence-corrected chi connectivity index (χ1v) is 8.10. The topological polar surface area (TPSA) is 62.7 Å². The molecule has 0 spiro atoms. The summed E-state index contributed by atoms with van der Waals surface area (Å²) in [6, 6.07) is 8.19. The molecule has 2 aromatic rings. The van der Waals surface area contributed by atoms with Gasteiger partial charge in [0.25, 0.3) is 0 Å². The molecule has 0 aliphatic carbocycles. The monoisotopic (exact) mass is 326 g/mol. The fourth-order valence-corrected chi connectivity index (χ4v) is 3.22. The number of likely N-dealkylation sites (N-methyl/N-ethyl adjacent to an activating group) is 1. The third-order valence-electron chi connectivity index (χ3n) is 4.55. The van der Waals surface area contributed by atoms with Gasteiger partial charge in [0.15, 0.2) is 0 Å². The van der Waals surface area contributed by atoms with Crippen LogP contribution in [0.3, 0.4) is 0 Å². The van der Waals surface area contributed by atoms with E-state index < -0.39 is 6.09 Å². The third kappa shape index (κ3) is 3.07. The molecule has 24 heavy (non-hydrogen) atoms. The summed E-state index contributed by atoms with van der Waals surface area (Å²) in [6.45, 7) is 5.10. The summed E-state index contributed by atoms with van der Waals surface area (Å²) < 4.78 is 5.99. The summed E-state index contributed by atoms with van der Waals surface area (Å²) in [5, 5.41) is 9.15. The number of para-hydroxylation sites is 1. The lowest BCUT2D eigenvalue weighted by Crippen LogP contribution is -2.31. The van der Waals surface area contributed by atoms with Gasteiger partial charge < -0.3 is 14.7 Å². The Balaban J connectivity index is 2.03. The van der Waals surface area contributed by atoms with Crippen LogP contribution in [0.15, 0.2) is 30.5 Å². The molecule has 0 bridgehead atoms. The quantitative estimate of drug-likeness (QED) is 0.931. The predicted octanol–water partition coefficient (Wildman–Crippen LogP) is 3.84. The van der Waals surface area contributed by atoms with Gasteiger partial charge in [-0.15, -0.1) is 0 Å². The Morgan fingerprint density at radius 2 is 2.17 bits per heavy atom. The van der Waals surface area contributed by atoms with Crippen LogP contribution in [0, 0.1) is 13.8 Å². The molecule has 126 valence electrons. The van der Waals surface area contributed by atoms with Gasteiger partial charge in [-0.1, -0.05) is 18.2 Å². The average molecular weight is 326 g/mol. The maximum Gasteiger partial charge on any atom is 0.407 e. The van der Waals surface area contributed by atoms with Crippen LogP contribution in [-0.2, 0) is 0 Å². The molecule has 1 aromatic carbocycles. The second kappa shape index (κ2) is 6.51. The van der Waals surface area contributed by atoms with Crippen LogP contribution in [0.25, 0.3) is 11.1 Å². The van der Waals surface area contributed by atoms with E-state index in [2.05, 4.69) is 17.1 Å². The van der Waals surface area contributed by atoms with E-state index in [1.807, 2.05) is 32.2 Å². The molecule has 1 atom stereocenters. The molecule has 0 saturated carbocycles. The molecule has 5 nitrogen and oxygen atoms in total. The number of amides is 1. The Morgan fingerprint density at radius 3 is 2.92 bits per heavy atom. The first-order chi connectivity index (χ1) is 11.5. The fraction of sp³-hybridized carbons (Fsp3) is 0.368. The minimum Gasteiger partial charge on any atom is -0.493 e. The minimum atomic E-state index is -0.903. The van der Waals surface area contributed by atoms with Crippen molar-refractivity contribution in [2.45, 2.75) is 26.2 Å². The largest absolute Gasteiger partial charge is 0.493 e. The van der Waals surface area contributed by atoms with Gasteiger partial charge in [-0.3, -0.25) is 4.98 Å². The van der Waals surface area contributed by atoms with E-state index in [4.69, 9.17) is 9.84 Å². The summed E-state index contributed by atoms with van der Waals surface area (Å²) in [6.07, 6.45) is 1.80. The summed E-state index contributed by atoms with van der Waals surface area (Å²) in [4.78, 5) is 16.8. The van der Waals surface area contributed by atoms with Crippen molar-refractivity contribution in [1.29, 1.82) is 0 Å². The number of benzene rings is 1. The number of ether oxygens (including phenoxy) is 1. The Kier molecular flexibility index (Phi) is 4.42. The van der Waals surface area contributed by atoms with E-state index in [1.54, 1.807) is 7.05 Å². The highest BCUT2D eigenvalue weighted by molar-refractivity contribution is 5.75. The van der Waals surface area contributed by atoms with Crippen molar-refractivity contribution >= 4 is 6.09 Å². The Labute approximate surface area is 141 Å². The van der Waals surface area contributed by atoms with Crippen LogP contribution in [0.5, 0.6) is 5.75 Å². The molecule has 1 aliphatic rings. The summed E-state index contributed by atoms with van der Waals surface area (Å²) in [5.74, 6) is 1.03. The van der Waals surface area contributed by atoms with E-state index in [-0.39, 0.29) is 5.92 Å². The van der Waals surface area contributed by atoms with Gasteiger partial charge >= 0.3 is 6.09 Å². The maximum atomic E-state index is 11.1. The molecule has 5 heteroatoms. The van der Waals surface area contributed by atoms with Crippen molar-refractivity contribution in [1.82, 2.24) is 9.88 Å². The zero-order valence-corrected chi connectivity index (χ0v) is 14.2. The Hall–Kier alpha value is -2.56. The number of carboxylic acid groups (broad SMARTS) is 1. The SMILES string of the molecule is Cc1cc(-c2cccc3c2OCCC3CN(C)C(=O)O)c(C)cn1. The molecule has 3 rings (SSSR count).